The lowest BCUT2D eigenvalue weighted by molar-refractivity contribution is -0.129. The van der Waals surface area contributed by atoms with E-state index in [4.69, 9.17) is 9.73 Å². The summed E-state index contributed by atoms with van der Waals surface area (Å²) in [5.41, 5.74) is 7.08. The van der Waals surface area contributed by atoms with Crippen molar-refractivity contribution in [1.29, 1.82) is 0 Å². The predicted octanol–water partition coefficient (Wildman–Crippen LogP) is 5.29. The van der Waals surface area contributed by atoms with Crippen molar-refractivity contribution >= 4 is 28.5 Å². The molecule has 0 radical (unpaired) electrons. The first-order valence-corrected chi connectivity index (χ1v) is 15.0. The Balaban J connectivity index is 1.34. The zero-order valence-electron chi connectivity index (χ0n) is 26.1. The summed E-state index contributed by atoms with van der Waals surface area (Å²) < 4.78 is 21.0. The normalized spacial score (nSPS) is 22.9. The third kappa shape index (κ3) is 6.24. The Morgan fingerprint density at radius 3 is 2.58 bits per heavy atom. The Labute approximate surface area is 252 Å². The Kier molecular flexibility index (Phi) is 8.24. The molecular formula is C33H43FN6O3. The van der Waals surface area contributed by atoms with Gasteiger partial charge in [0.2, 0.25) is 11.9 Å². The second-order valence-electron chi connectivity index (χ2n) is 13.6. The first-order valence-electron chi connectivity index (χ1n) is 15.0. The number of aryl methyl sites for hydroxylation is 2. The smallest absolute Gasteiger partial charge is 0.261 e. The van der Waals surface area contributed by atoms with Gasteiger partial charge in [-0.1, -0.05) is 47.6 Å². The van der Waals surface area contributed by atoms with E-state index in [9.17, 15) is 14.0 Å². The van der Waals surface area contributed by atoms with Crippen LogP contribution in [0.1, 0.15) is 59.9 Å². The zero-order valence-corrected chi connectivity index (χ0v) is 26.1. The number of guanidine groups is 1. The molecule has 1 amide bonds. The minimum Gasteiger partial charge on any atom is -0.497 e. The summed E-state index contributed by atoms with van der Waals surface area (Å²) in [5, 5.41) is 3.77. The van der Waals surface area contributed by atoms with Gasteiger partial charge in [-0.2, -0.15) is 0 Å². The van der Waals surface area contributed by atoms with Crippen molar-refractivity contribution in [1.82, 2.24) is 20.4 Å². The summed E-state index contributed by atoms with van der Waals surface area (Å²) >= 11 is 0. The number of aliphatic imine (C=N–C) groups is 1. The average Bonchev–Trinajstić information content (AvgIpc) is 2.96. The Morgan fingerprint density at radius 1 is 1.16 bits per heavy atom. The van der Waals surface area contributed by atoms with Crippen LogP contribution in [0.5, 0.6) is 5.75 Å². The number of anilines is 1. The van der Waals surface area contributed by atoms with Crippen LogP contribution in [0.4, 0.5) is 10.1 Å². The van der Waals surface area contributed by atoms with Gasteiger partial charge in [0, 0.05) is 23.7 Å². The quantitative estimate of drug-likeness (QED) is 0.204. The lowest BCUT2D eigenvalue weighted by atomic mass is 9.45. The van der Waals surface area contributed by atoms with E-state index in [1.807, 2.05) is 20.8 Å². The van der Waals surface area contributed by atoms with Gasteiger partial charge in [0.15, 0.2) is 0 Å². The largest absolute Gasteiger partial charge is 0.497 e. The highest BCUT2D eigenvalue weighted by atomic mass is 19.1. The molecule has 10 heteroatoms. The minimum atomic E-state index is -0.576. The molecule has 3 aromatic rings. The number of aromatic nitrogens is 2. The first-order chi connectivity index (χ1) is 20.3. The zero-order chi connectivity index (χ0) is 31.1. The van der Waals surface area contributed by atoms with Gasteiger partial charge >= 0.3 is 0 Å². The molecule has 43 heavy (non-hydrogen) atoms. The monoisotopic (exact) mass is 590 g/mol. The number of hydrazine groups is 1. The van der Waals surface area contributed by atoms with E-state index in [1.54, 1.807) is 30.3 Å². The number of hydrogen-bond acceptors (Lipinski definition) is 5. The van der Waals surface area contributed by atoms with Gasteiger partial charge in [0.05, 0.1) is 30.4 Å². The number of fused-ring (bicyclic) bond motifs is 3. The predicted molar refractivity (Wildman–Crippen MR) is 167 cm³/mol. The lowest BCUT2D eigenvalue weighted by Crippen LogP contribution is -2.57. The van der Waals surface area contributed by atoms with Crippen molar-refractivity contribution in [3.05, 3.63) is 64.5 Å². The Hall–Kier alpha value is -3.95. The Morgan fingerprint density at radius 2 is 1.93 bits per heavy atom. The molecule has 230 valence electrons. The fourth-order valence-corrected chi connectivity index (χ4v) is 6.49. The number of carbonyl (C=O) groups is 1. The summed E-state index contributed by atoms with van der Waals surface area (Å²) in [7, 11) is 1.49. The van der Waals surface area contributed by atoms with Crippen molar-refractivity contribution in [2.24, 2.45) is 33.6 Å². The molecule has 3 saturated carbocycles. The summed E-state index contributed by atoms with van der Waals surface area (Å²) in [6, 6.07) is 10.1. The summed E-state index contributed by atoms with van der Waals surface area (Å²) in [4.78, 5) is 35.4. The fraction of sp³-hybridized carbons (Fsp3) is 0.515. The lowest BCUT2D eigenvalue weighted by Gasteiger charge is -2.61. The minimum absolute atomic E-state index is 0.125. The van der Waals surface area contributed by atoms with Gasteiger partial charge in [-0.3, -0.25) is 25.0 Å². The number of ether oxygens (including phenoxy) is 1. The van der Waals surface area contributed by atoms with Crippen LogP contribution in [0.15, 0.2) is 52.5 Å². The molecular weight excluding hydrogens is 547 g/mol. The fourth-order valence-electron chi connectivity index (χ4n) is 6.49. The van der Waals surface area contributed by atoms with Gasteiger partial charge in [-0.15, -0.1) is 0 Å². The molecule has 0 spiro atoms. The van der Waals surface area contributed by atoms with Gasteiger partial charge in [-0.25, -0.2) is 14.4 Å². The number of nitrogens with zero attached hydrogens (tertiary/aromatic N) is 3. The highest BCUT2D eigenvalue weighted by Gasteiger charge is 2.56. The summed E-state index contributed by atoms with van der Waals surface area (Å²) in [6.45, 7) is 12.8. The number of methoxy groups -OCH3 is 1. The van der Waals surface area contributed by atoms with Gasteiger partial charge in [0.25, 0.3) is 5.56 Å². The van der Waals surface area contributed by atoms with E-state index in [2.05, 4.69) is 41.9 Å². The topological polar surface area (TPSA) is 110 Å². The maximum absolute atomic E-state index is 14.4. The van der Waals surface area contributed by atoms with Crippen LogP contribution in [0.3, 0.4) is 0 Å². The third-order valence-corrected chi connectivity index (χ3v) is 9.55. The number of nitrogens with one attached hydrogen (secondary N) is 3. The maximum Gasteiger partial charge on any atom is 0.261 e. The number of hydrogen-bond donors (Lipinski definition) is 3. The van der Waals surface area contributed by atoms with Crippen molar-refractivity contribution in [2.45, 2.75) is 73.4 Å². The molecule has 9 nitrogen and oxygen atoms in total. The number of benzene rings is 2. The molecule has 3 fully saturated rings. The van der Waals surface area contributed by atoms with Crippen LogP contribution in [0, 0.1) is 34.4 Å². The maximum atomic E-state index is 14.4. The SMILES string of the molecule is COc1ccc(CCn2cnc3cc(NC(=NC4CC5CC(C4C)C5(C)C)NNC(=O)C(C)(C)C)ccc3c2=O)c(F)c1. The molecule has 3 N–H and O–H groups in total. The molecule has 0 saturated heterocycles. The van der Waals surface area contributed by atoms with Crippen LogP contribution in [0.25, 0.3) is 10.9 Å². The molecule has 3 aliphatic rings. The first kappa shape index (κ1) is 30.5. The van der Waals surface area contributed by atoms with Gasteiger partial charge in [0.1, 0.15) is 11.6 Å². The molecule has 0 aliphatic heterocycles. The number of amides is 1. The second kappa shape index (κ2) is 11.6. The summed E-state index contributed by atoms with van der Waals surface area (Å²) in [5.74, 6) is 2.05. The van der Waals surface area contributed by atoms with Crippen LogP contribution in [-0.2, 0) is 17.8 Å². The van der Waals surface area contributed by atoms with Crippen LogP contribution >= 0.6 is 0 Å². The number of rotatable bonds is 6. The van der Waals surface area contributed by atoms with E-state index < -0.39 is 5.41 Å². The highest BCUT2D eigenvalue weighted by molar-refractivity contribution is 5.97. The van der Waals surface area contributed by atoms with E-state index in [-0.39, 0.29) is 29.9 Å². The highest BCUT2D eigenvalue weighted by Crippen LogP contribution is 2.61. The van der Waals surface area contributed by atoms with Crippen LogP contribution < -0.4 is 26.5 Å². The molecule has 4 atom stereocenters. The number of halogens is 1. The Bertz CT molecular complexity index is 1610. The van der Waals surface area contributed by atoms with E-state index in [1.165, 1.54) is 30.5 Å². The van der Waals surface area contributed by atoms with Crippen LogP contribution in [-0.4, -0.2) is 34.6 Å². The van der Waals surface area contributed by atoms with Crippen LogP contribution in [0.2, 0.25) is 0 Å². The van der Waals surface area contributed by atoms with Gasteiger partial charge in [-0.05, 0) is 72.3 Å². The molecule has 3 aliphatic carbocycles. The second-order valence-corrected chi connectivity index (χ2v) is 13.6. The van der Waals surface area contributed by atoms with Crippen molar-refractivity contribution in [2.75, 3.05) is 12.4 Å². The molecule has 1 heterocycles. The molecule has 1 aromatic heterocycles. The van der Waals surface area contributed by atoms with Gasteiger partial charge < -0.3 is 10.1 Å². The molecule has 6 rings (SSSR count). The van der Waals surface area contributed by atoms with Crippen molar-refractivity contribution in [3.63, 3.8) is 0 Å². The molecule has 2 aromatic carbocycles. The van der Waals surface area contributed by atoms with Crippen molar-refractivity contribution < 1.29 is 13.9 Å². The number of carbonyl (C=O) groups excluding carboxylic acids is 1. The standard InChI is InChI=1S/C33H43FN6O3/c1-19-25-14-21(33(25,5)6)15-27(19)37-31(39-38-30(42)32(2,3)4)36-22-9-11-24-28(16-22)35-18-40(29(24)41)13-12-20-8-10-23(43-7)17-26(20)34/h8-11,16-19,21,25,27H,12-15H2,1-7H3,(H,38,42)(H2,36,37,39). The summed E-state index contributed by atoms with van der Waals surface area (Å²) in [6.07, 6.45) is 4.08. The third-order valence-electron chi connectivity index (χ3n) is 9.55. The van der Waals surface area contributed by atoms with Crippen molar-refractivity contribution in [3.8, 4) is 5.75 Å². The molecule has 4 unspecified atom stereocenters. The average molecular weight is 591 g/mol. The molecule has 2 bridgehead atoms. The van der Waals surface area contributed by atoms with E-state index in [0.29, 0.717) is 63.5 Å². The van der Waals surface area contributed by atoms with E-state index in [0.717, 1.165) is 6.42 Å². The van der Waals surface area contributed by atoms with E-state index >= 15 is 0 Å².